The van der Waals surface area contributed by atoms with Crippen LogP contribution in [0.25, 0.3) is 0 Å². The first-order chi connectivity index (χ1) is 6.72. The molecule has 0 unspecified atom stereocenters. The van der Waals surface area contributed by atoms with Gasteiger partial charge >= 0.3 is 0 Å². The van der Waals surface area contributed by atoms with E-state index in [0.717, 1.165) is 37.6 Å². The Bertz CT molecular complexity index is 223. The van der Waals surface area contributed by atoms with Gasteiger partial charge in [0, 0.05) is 41.8 Å². The molecule has 1 rings (SSSR count). The molecule has 14 heavy (non-hydrogen) atoms. The third kappa shape index (κ3) is 4.06. The summed E-state index contributed by atoms with van der Waals surface area (Å²) < 4.78 is 11.0. The largest absolute Gasteiger partial charge is 0.409 e. The molecule has 1 fully saturated rings. The molecule has 1 aliphatic heterocycles. The highest BCUT2D eigenvalue weighted by molar-refractivity contribution is 7.85. The lowest BCUT2D eigenvalue weighted by molar-refractivity contribution is 0.294. The number of amidine groups is 1. The maximum atomic E-state index is 11.0. The van der Waals surface area contributed by atoms with Crippen LogP contribution in [0.2, 0.25) is 0 Å². The maximum absolute atomic E-state index is 11.0. The summed E-state index contributed by atoms with van der Waals surface area (Å²) in [7, 11) is -0.607. The minimum atomic E-state index is -0.607. The number of hydrogen-bond acceptors (Lipinski definition) is 4. The first-order valence-electron chi connectivity index (χ1n) is 4.76. The predicted molar refractivity (Wildman–Crippen MR) is 57.0 cm³/mol. The third-order valence-corrected chi connectivity index (χ3v) is 3.58. The van der Waals surface area contributed by atoms with E-state index >= 15 is 0 Å². The molecular formula is C8H17N3O2S. The van der Waals surface area contributed by atoms with Gasteiger partial charge in [-0.2, -0.15) is 0 Å². The predicted octanol–water partition coefficient (Wildman–Crippen LogP) is -0.423. The SMILES string of the molecule is N/C(CCCN1CCS(=O)CC1)=N\O. The van der Waals surface area contributed by atoms with Crippen molar-refractivity contribution in [1.82, 2.24) is 4.90 Å². The Labute approximate surface area is 86.4 Å². The molecule has 1 aliphatic rings. The van der Waals surface area contributed by atoms with Crippen molar-refractivity contribution in [2.24, 2.45) is 10.9 Å². The van der Waals surface area contributed by atoms with Gasteiger partial charge in [0.05, 0.1) is 0 Å². The molecule has 6 heteroatoms. The molecule has 1 saturated heterocycles. The van der Waals surface area contributed by atoms with Gasteiger partial charge in [-0.25, -0.2) is 0 Å². The van der Waals surface area contributed by atoms with Crippen molar-refractivity contribution < 1.29 is 9.42 Å². The lowest BCUT2D eigenvalue weighted by atomic mass is 10.2. The summed E-state index contributed by atoms with van der Waals surface area (Å²) in [5.74, 6) is 1.85. The summed E-state index contributed by atoms with van der Waals surface area (Å²) in [6, 6.07) is 0. The summed E-state index contributed by atoms with van der Waals surface area (Å²) >= 11 is 0. The summed E-state index contributed by atoms with van der Waals surface area (Å²) in [6.07, 6.45) is 1.51. The zero-order chi connectivity index (χ0) is 10.4. The minimum absolute atomic E-state index is 0.283. The Balaban J connectivity index is 2.10. The number of nitrogens with two attached hydrogens (primary N) is 1. The normalized spacial score (nSPS) is 21.3. The number of nitrogens with zero attached hydrogens (tertiary/aromatic N) is 2. The van der Waals surface area contributed by atoms with Crippen LogP contribution in [-0.2, 0) is 10.8 Å². The van der Waals surface area contributed by atoms with E-state index in [9.17, 15) is 4.21 Å². The highest BCUT2D eigenvalue weighted by atomic mass is 32.2. The molecule has 0 spiro atoms. The van der Waals surface area contributed by atoms with Crippen LogP contribution in [0.1, 0.15) is 12.8 Å². The molecule has 0 aliphatic carbocycles. The van der Waals surface area contributed by atoms with Crippen LogP contribution >= 0.6 is 0 Å². The van der Waals surface area contributed by atoms with Crippen molar-refractivity contribution in [3.63, 3.8) is 0 Å². The van der Waals surface area contributed by atoms with Crippen LogP contribution in [0, 0.1) is 0 Å². The first kappa shape index (κ1) is 11.5. The van der Waals surface area contributed by atoms with Crippen molar-refractivity contribution in [2.45, 2.75) is 12.8 Å². The molecule has 1 heterocycles. The highest BCUT2D eigenvalue weighted by Crippen LogP contribution is 2.02. The zero-order valence-corrected chi connectivity index (χ0v) is 9.00. The number of hydrogen-bond donors (Lipinski definition) is 2. The fourth-order valence-electron chi connectivity index (χ4n) is 1.43. The smallest absolute Gasteiger partial charge is 0.139 e. The monoisotopic (exact) mass is 219 g/mol. The van der Waals surface area contributed by atoms with Gasteiger partial charge < -0.3 is 15.8 Å². The average Bonchev–Trinajstić information content (AvgIpc) is 2.21. The van der Waals surface area contributed by atoms with Crippen LogP contribution in [-0.4, -0.2) is 51.3 Å². The summed E-state index contributed by atoms with van der Waals surface area (Å²) in [5, 5.41) is 11.2. The standard InChI is InChI=1S/C8H17N3O2S/c9-8(10-12)2-1-3-11-4-6-14(13)7-5-11/h12H,1-7H2,(H2,9,10). The Kier molecular flexibility index (Phi) is 4.89. The van der Waals surface area contributed by atoms with Gasteiger partial charge in [0.15, 0.2) is 0 Å². The molecule has 5 nitrogen and oxygen atoms in total. The fourth-order valence-corrected chi connectivity index (χ4v) is 2.56. The van der Waals surface area contributed by atoms with Crippen LogP contribution in [0.4, 0.5) is 0 Å². The van der Waals surface area contributed by atoms with E-state index in [1.807, 2.05) is 0 Å². The fraction of sp³-hybridized carbons (Fsp3) is 0.875. The topological polar surface area (TPSA) is 78.9 Å². The Hall–Kier alpha value is -0.620. The summed E-state index contributed by atoms with van der Waals surface area (Å²) in [4.78, 5) is 2.27. The molecule has 0 aromatic rings. The molecule has 0 radical (unpaired) electrons. The lowest BCUT2D eigenvalue weighted by Gasteiger charge is -2.25. The second-order valence-electron chi connectivity index (χ2n) is 3.38. The molecule has 0 aromatic heterocycles. The van der Waals surface area contributed by atoms with Crippen molar-refractivity contribution in [2.75, 3.05) is 31.1 Å². The second-order valence-corrected chi connectivity index (χ2v) is 5.08. The first-order valence-corrected chi connectivity index (χ1v) is 6.25. The van der Waals surface area contributed by atoms with Crippen LogP contribution < -0.4 is 5.73 Å². The van der Waals surface area contributed by atoms with E-state index in [2.05, 4.69) is 10.1 Å². The van der Waals surface area contributed by atoms with Gasteiger partial charge in [-0.1, -0.05) is 5.16 Å². The van der Waals surface area contributed by atoms with Crippen LogP contribution in [0.15, 0.2) is 5.16 Å². The molecule has 0 atom stereocenters. The molecule has 0 saturated carbocycles. The van der Waals surface area contributed by atoms with E-state index in [1.165, 1.54) is 0 Å². The minimum Gasteiger partial charge on any atom is -0.409 e. The molecule has 0 bridgehead atoms. The van der Waals surface area contributed by atoms with Crippen molar-refractivity contribution in [1.29, 1.82) is 0 Å². The summed E-state index contributed by atoms with van der Waals surface area (Å²) in [5.41, 5.74) is 5.34. The van der Waals surface area contributed by atoms with Crippen LogP contribution in [0.3, 0.4) is 0 Å². The average molecular weight is 219 g/mol. The third-order valence-electron chi connectivity index (χ3n) is 2.31. The molecule has 3 N–H and O–H groups in total. The number of rotatable bonds is 4. The van der Waals surface area contributed by atoms with Crippen LogP contribution in [0.5, 0.6) is 0 Å². The van der Waals surface area contributed by atoms with Crippen molar-refractivity contribution >= 4 is 16.6 Å². The highest BCUT2D eigenvalue weighted by Gasteiger charge is 2.14. The van der Waals surface area contributed by atoms with Gasteiger partial charge in [-0.05, 0) is 13.0 Å². The molecule has 0 amide bonds. The summed E-state index contributed by atoms with van der Waals surface area (Å²) in [6.45, 7) is 2.75. The van der Waals surface area contributed by atoms with Gasteiger partial charge in [-0.3, -0.25) is 4.21 Å². The Morgan fingerprint density at radius 3 is 2.71 bits per heavy atom. The second kappa shape index (κ2) is 5.98. The van der Waals surface area contributed by atoms with Gasteiger partial charge in [0.25, 0.3) is 0 Å². The molecule has 82 valence electrons. The van der Waals surface area contributed by atoms with Gasteiger partial charge in [0.1, 0.15) is 5.84 Å². The van der Waals surface area contributed by atoms with E-state index in [0.29, 0.717) is 6.42 Å². The lowest BCUT2D eigenvalue weighted by Crippen LogP contribution is -2.38. The van der Waals surface area contributed by atoms with E-state index in [4.69, 9.17) is 10.9 Å². The molecule has 0 aromatic carbocycles. The van der Waals surface area contributed by atoms with E-state index in [1.54, 1.807) is 0 Å². The van der Waals surface area contributed by atoms with Crippen molar-refractivity contribution in [3.05, 3.63) is 0 Å². The van der Waals surface area contributed by atoms with E-state index < -0.39 is 10.8 Å². The Morgan fingerprint density at radius 2 is 2.14 bits per heavy atom. The van der Waals surface area contributed by atoms with Gasteiger partial charge in [-0.15, -0.1) is 0 Å². The van der Waals surface area contributed by atoms with Crippen molar-refractivity contribution in [3.8, 4) is 0 Å². The molecular weight excluding hydrogens is 202 g/mol. The quantitative estimate of drug-likeness (QED) is 0.291. The number of oxime groups is 1. The van der Waals surface area contributed by atoms with Gasteiger partial charge in [0.2, 0.25) is 0 Å². The zero-order valence-electron chi connectivity index (χ0n) is 8.19. The van der Waals surface area contributed by atoms with E-state index in [-0.39, 0.29) is 5.84 Å². The maximum Gasteiger partial charge on any atom is 0.139 e. The Morgan fingerprint density at radius 1 is 1.50 bits per heavy atom.